The molecule has 0 aliphatic carbocycles. The van der Waals surface area contributed by atoms with E-state index >= 15 is 0 Å². The van der Waals surface area contributed by atoms with E-state index in [1.807, 2.05) is 9.80 Å². The Kier molecular flexibility index (Phi) is 4.80. The largest absolute Gasteiger partial charge is 0.339 e. The molecular weight excluding hydrogens is 242 g/mol. The van der Waals surface area contributed by atoms with Gasteiger partial charge in [0.2, 0.25) is 11.8 Å². The van der Waals surface area contributed by atoms with Gasteiger partial charge >= 0.3 is 0 Å². The lowest BCUT2D eigenvalue weighted by molar-refractivity contribution is -0.140. The Bertz CT molecular complexity index is 332. The molecule has 0 atom stereocenters. The Labute approximate surface area is 115 Å². The van der Waals surface area contributed by atoms with Crippen LogP contribution in [-0.4, -0.2) is 60.9 Å². The number of hydrogen-bond acceptors (Lipinski definition) is 3. The van der Waals surface area contributed by atoms with Gasteiger partial charge in [-0.1, -0.05) is 13.8 Å². The minimum atomic E-state index is 0.227. The van der Waals surface area contributed by atoms with Crippen molar-refractivity contribution in [3.8, 4) is 0 Å². The van der Waals surface area contributed by atoms with Crippen molar-refractivity contribution in [1.82, 2.24) is 15.1 Å². The Balaban J connectivity index is 1.72. The molecule has 5 nitrogen and oxygen atoms in total. The van der Waals surface area contributed by atoms with Gasteiger partial charge in [0.25, 0.3) is 0 Å². The summed E-state index contributed by atoms with van der Waals surface area (Å²) in [5.74, 6) is 1.40. The van der Waals surface area contributed by atoms with Crippen LogP contribution in [0.5, 0.6) is 0 Å². The maximum Gasteiger partial charge on any atom is 0.223 e. The molecule has 0 bridgehead atoms. The van der Waals surface area contributed by atoms with Crippen molar-refractivity contribution in [2.45, 2.75) is 26.7 Å². The summed E-state index contributed by atoms with van der Waals surface area (Å²) in [7, 11) is 0. The second-order valence-corrected chi connectivity index (χ2v) is 6.09. The fraction of sp³-hybridized carbons (Fsp3) is 0.857. The number of nitrogens with one attached hydrogen (secondary N) is 1. The van der Waals surface area contributed by atoms with Gasteiger partial charge < -0.3 is 15.1 Å². The number of hydrogen-bond donors (Lipinski definition) is 1. The predicted molar refractivity (Wildman–Crippen MR) is 73.6 cm³/mol. The normalized spacial score (nSPS) is 20.6. The fourth-order valence-corrected chi connectivity index (χ4v) is 2.55. The Hall–Kier alpha value is -1.10. The molecule has 0 aromatic heterocycles. The molecule has 2 aliphatic heterocycles. The van der Waals surface area contributed by atoms with Gasteiger partial charge in [-0.25, -0.2) is 0 Å². The van der Waals surface area contributed by atoms with E-state index in [9.17, 15) is 9.59 Å². The lowest BCUT2D eigenvalue weighted by Crippen LogP contribution is -2.52. The van der Waals surface area contributed by atoms with Crippen LogP contribution in [0.25, 0.3) is 0 Å². The summed E-state index contributed by atoms with van der Waals surface area (Å²) in [6.45, 7) is 8.85. The van der Waals surface area contributed by atoms with Crippen molar-refractivity contribution in [3.63, 3.8) is 0 Å². The summed E-state index contributed by atoms with van der Waals surface area (Å²) in [5.41, 5.74) is 0. The third-order valence-corrected chi connectivity index (χ3v) is 3.90. The zero-order valence-corrected chi connectivity index (χ0v) is 12.0. The molecule has 2 amide bonds. The monoisotopic (exact) mass is 267 g/mol. The molecular formula is C14H25N3O2. The van der Waals surface area contributed by atoms with Crippen LogP contribution in [0.3, 0.4) is 0 Å². The van der Waals surface area contributed by atoms with Gasteiger partial charge in [-0.3, -0.25) is 9.59 Å². The molecule has 2 fully saturated rings. The third kappa shape index (κ3) is 3.93. The van der Waals surface area contributed by atoms with Gasteiger partial charge in [-0.05, 0) is 24.9 Å². The van der Waals surface area contributed by atoms with E-state index in [2.05, 4.69) is 19.2 Å². The van der Waals surface area contributed by atoms with Gasteiger partial charge in [-0.2, -0.15) is 0 Å². The van der Waals surface area contributed by atoms with Gasteiger partial charge in [0.05, 0.1) is 0 Å². The van der Waals surface area contributed by atoms with Crippen molar-refractivity contribution >= 4 is 11.8 Å². The first-order valence-corrected chi connectivity index (χ1v) is 7.32. The molecule has 0 saturated carbocycles. The summed E-state index contributed by atoms with van der Waals surface area (Å²) < 4.78 is 0. The van der Waals surface area contributed by atoms with Crippen molar-refractivity contribution in [3.05, 3.63) is 0 Å². The first-order valence-electron chi connectivity index (χ1n) is 7.32. The molecule has 0 aromatic carbocycles. The molecule has 2 rings (SSSR count). The van der Waals surface area contributed by atoms with Crippen molar-refractivity contribution in [2.24, 2.45) is 11.8 Å². The van der Waals surface area contributed by atoms with Crippen molar-refractivity contribution in [2.75, 3.05) is 39.3 Å². The highest BCUT2D eigenvalue weighted by molar-refractivity contribution is 5.78. The van der Waals surface area contributed by atoms with Crippen LogP contribution in [-0.2, 0) is 9.59 Å². The molecule has 2 heterocycles. The number of carbonyl (C=O) groups excluding carboxylic acids is 2. The lowest BCUT2D eigenvalue weighted by atomic mass is 9.98. The van der Waals surface area contributed by atoms with Gasteiger partial charge in [0, 0.05) is 39.0 Å². The van der Waals surface area contributed by atoms with Crippen molar-refractivity contribution < 1.29 is 9.59 Å². The minimum Gasteiger partial charge on any atom is -0.339 e. The first kappa shape index (κ1) is 14.3. The maximum absolute atomic E-state index is 12.1. The average molecular weight is 267 g/mol. The Morgan fingerprint density at radius 2 is 1.58 bits per heavy atom. The molecule has 0 radical (unpaired) electrons. The summed E-state index contributed by atoms with van der Waals surface area (Å²) in [6.07, 6.45) is 1.27. The fourth-order valence-electron chi connectivity index (χ4n) is 2.55. The van der Waals surface area contributed by atoms with Gasteiger partial charge in [0.15, 0.2) is 0 Å². The second-order valence-electron chi connectivity index (χ2n) is 6.09. The van der Waals surface area contributed by atoms with Crippen LogP contribution in [0.1, 0.15) is 26.7 Å². The van der Waals surface area contributed by atoms with Crippen LogP contribution in [0.15, 0.2) is 0 Å². The topological polar surface area (TPSA) is 52.7 Å². The standard InChI is InChI=1S/C14H25N3O2/c1-11(2)7-13(18)16-3-5-17(6-4-16)14(19)8-12-9-15-10-12/h11-12,15H,3-10H2,1-2H3. The van der Waals surface area contributed by atoms with Gasteiger partial charge in [0.1, 0.15) is 0 Å². The molecule has 2 saturated heterocycles. The van der Waals surface area contributed by atoms with Crippen LogP contribution < -0.4 is 5.32 Å². The maximum atomic E-state index is 12.1. The number of amides is 2. The third-order valence-electron chi connectivity index (χ3n) is 3.90. The van der Waals surface area contributed by atoms with Crippen LogP contribution in [0, 0.1) is 11.8 Å². The quantitative estimate of drug-likeness (QED) is 0.798. The van der Waals surface area contributed by atoms with Gasteiger partial charge in [-0.15, -0.1) is 0 Å². The van der Waals surface area contributed by atoms with Crippen LogP contribution in [0.2, 0.25) is 0 Å². The molecule has 2 aliphatic rings. The molecule has 0 aromatic rings. The highest BCUT2D eigenvalue weighted by atomic mass is 16.2. The Morgan fingerprint density at radius 1 is 1.05 bits per heavy atom. The van der Waals surface area contributed by atoms with Crippen LogP contribution in [0.4, 0.5) is 0 Å². The summed E-state index contributed by atoms with van der Waals surface area (Å²) in [5, 5.41) is 3.19. The second kappa shape index (κ2) is 6.37. The number of carbonyl (C=O) groups is 2. The average Bonchev–Trinajstić information content (AvgIpc) is 2.33. The van der Waals surface area contributed by atoms with E-state index in [-0.39, 0.29) is 11.8 Å². The highest BCUT2D eigenvalue weighted by Gasteiger charge is 2.27. The summed E-state index contributed by atoms with van der Waals surface area (Å²) in [4.78, 5) is 27.8. The smallest absolute Gasteiger partial charge is 0.223 e. The van der Waals surface area contributed by atoms with E-state index < -0.39 is 0 Å². The molecule has 0 spiro atoms. The zero-order chi connectivity index (χ0) is 13.8. The summed E-state index contributed by atoms with van der Waals surface area (Å²) in [6, 6.07) is 0. The van der Waals surface area contributed by atoms with E-state index in [0.29, 0.717) is 50.9 Å². The molecule has 1 N–H and O–H groups in total. The highest BCUT2D eigenvalue weighted by Crippen LogP contribution is 2.13. The molecule has 0 unspecified atom stereocenters. The summed E-state index contributed by atoms with van der Waals surface area (Å²) >= 11 is 0. The number of piperazine rings is 1. The first-order chi connectivity index (χ1) is 9.06. The van der Waals surface area contributed by atoms with E-state index in [0.717, 1.165) is 13.1 Å². The predicted octanol–water partition coefficient (Wildman–Crippen LogP) is 0.313. The SMILES string of the molecule is CC(C)CC(=O)N1CCN(C(=O)CC2CNC2)CC1. The van der Waals surface area contributed by atoms with Crippen LogP contribution >= 0.6 is 0 Å². The molecule has 19 heavy (non-hydrogen) atoms. The zero-order valence-electron chi connectivity index (χ0n) is 12.0. The lowest BCUT2D eigenvalue weighted by Gasteiger charge is -2.36. The molecule has 108 valence electrons. The Morgan fingerprint density at radius 3 is 2.00 bits per heavy atom. The van der Waals surface area contributed by atoms with E-state index in [1.54, 1.807) is 0 Å². The van der Waals surface area contributed by atoms with E-state index in [1.165, 1.54) is 0 Å². The van der Waals surface area contributed by atoms with E-state index in [4.69, 9.17) is 0 Å². The van der Waals surface area contributed by atoms with Crippen molar-refractivity contribution in [1.29, 1.82) is 0 Å². The number of nitrogens with zero attached hydrogens (tertiary/aromatic N) is 2. The molecule has 5 heteroatoms. The minimum absolute atomic E-state index is 0.227. The number of rotatable bonds is 4.